The molecule has 3 heteroatoms. The second-order valence-corrected chi connectivity index (χ2v) is 4.62. The van der Waals surface area contributed by atoms with E-state index in [-0.39, 0.29) is 0 Å². The van der Waals surface area contributed by atoms with Crippen LogP contribution in [0.2, 0.25) is 0 Å². The van der Waals surface area contributed by atoms with Crippen molar-refractivity contribution < 1.29 is 14.6 Å². The van der Waals surface area contributed by atoms with Crippen LogP contribution in [0.25, 0.3) is 0 Å². The van der Waals surface area contributed by atoms with Crippen molar-refractivity contribution in [3.63, 3.8) is 0 Å². The quantitative estimate of drug-likeness (QED) is 0.827. The van der Waals surface area contributed by atoms with Crippen LogP contribution in [0.3, 0.4) is 0 Å². The lowest BCUT2D eigenvalue weighted by Gasteiger charge is -2.14. The Hall–Kier alpha value is -1.22. The lowest BCUT2D eigenvalue weighted by atomic mass is 10.1. The van der Waals surface area contributed by atoms with E-state index in [2.05, 4.69) is 13.8 Å². The van der Waals surface area contributed by atoms with Crippen molar-refractivity contribution in [3.05, 3.63) is 23.8 Å². The topological polar surface area (TPSA) is 38.7 Å². The molecule has 0 aliphatic carbocycles. The summed E-state index contributed by atoms with van der Waals surface area (Å²) in [5, 5.41) is 9.49. The molecule has 1 atom stereocenters. The molecule has 0 radical (unpaired) electrons. The Morgan fingerprint density at radius 1 is 1.18 bits per heavy atom. The van der Waals surface area contributed by atoms with Gasteiger partial charge in [-0.1, -0.05) is 19.9 Å². The molecule has 0 aliphatic rings. The average molecular weight is 238 g/mol. The van der Waals surface area contributed by atoms with E-state index < -0.39 is 6.10 Å². The number of methoxy groups -OCH3 is 1. The number of hydrogen-bond donors (Lipinski definition) is 1. The Balaban J connectivity index is 2.71. The molecule has 1 N–H and O–H groups in total. The van der Waals surface area contributed by atoms with Crippen LogP contribution in [-0.4, -0.2) is 18.8 Å². The van der Waals surface area contributed by atoms with Gasteiger partial charge in [-0.2, -0.15) is 0 Å². The summed E-state index contributed by atoms with van der Waals surface area (Å²) in [6.45, 7) is 6.74. The summed E-state index contributed by atoms with van der Waals surface area (Å²) in [6.07, 6.45) is 0.523. The highest BCUT2D eigenvalue weighted by molar-refractivity contribution is 5.43. The maximum absolute atomic E-state index is 9.49. The fourth-order valence-corrected chi connectivity index (χ4v) is 1.47. The van der Waals surface area contributed by atoms with Gasteiger partial charge in [-0.25, -0.2) is 0 Å². The molecule has 0 saturated heterocycles. The SMILES string of the molecule is COc1cc([C@@H](C)O)ccc1OCCC(C)C. The standard InChI is InChI=1S/C14H22O3/c1-10(2)7-8-17-13-6-5-12(11(3)15)9-14(13)16-4/h5-6,9-11,15H,7-8H2,1-4H3/t11-/m1/s1. The first-order valence-corrected chi connectivity index (χ1v) is 6.03. The molecule has 1 aromatic carbocycles. The molecular weight excluding hydrogens is 216 g/mol. The fourth-order valence-electron chi connectivity index (χ4n) is 1.47. The first kappa shape index (κ1) is 13.8. The minimum Gasteiger partial charge on any atom is -0.493 e. The van der Waals surface area contributed by atoms with Gasteiger partial charge in [0, 0.05) is 0 Å². The molecule has 0 fully saturated rings. The van der Waals surface area contributed by atoms with E-state index in [0.717, 1.165) is 17.7 Å². The highest BCUT2D eigenvalue weighted by Gasteiger charge is 2.08. The number of aliphatic hydroxyl groups is 1. The fraction of sp³-hybridized carbons (Fsp3) is 0.571. The first-order chi connectivity index (χ1) is 8.04. The Morgan fingerprint density at radius 2 is 1.88 bits per heavy atom. The minimum atomic E-state index is -0.492. The van der Waals surface area contributed by atoms with Crippen LogP contribution in [-0.2, 0) is 0 Å². The number of ether oxygens (including phenoxy) is 2. The molecule has 0 heterocycles. The van der Waals surface area contributed by atoms with E-state index >= 15 is 0 Å². The van der Waals surface area contributed by atoms with Crippen LogP contribution >= 0.6 is 0 Å². The summed E-state index contributed by atoms with van der Waals surface area (Å²) >= 11 is 0. The molecule has 96 valence electrons. The van der Waals surface area contributed by atoms with E-state index in [1.165, 1.54) is 0 Å². The van der Waals surface area contributed by atoms with Crippen LogP contribution in [0, 0.1) is 5.92 Å². The summed E-state index contributed by atoms with van der Waals surface area (Å²) in [5.74, 6) is 2.03. The second kappa shape index (κ2) is 6.50. The molecule has 0 aromatic heterocycles. The third-order valence-corrected chi connectivity index (χ3v) is 2.62. The Labute approximate surface area is 103 Å². The van der Waals surface area contributed by atoms with E-state index in [4.69, 9.17) is 9.47 Å². The molecule has 0 spiro atoms. The lowest BCUT2D eigenvalue weighted by Crippen LogP contribution is -2.03. The monoisotopic (exact) mass is 238 g/mol. The van der Waals surface area contributed by atoms with Crippen LogP contribution in [0.5, 0.6) is 11.5 Å². The van der Waals surface area contributed by atoms with E-state index in [9.17, 15) is 5.11 Å². The van der Waals surface area contributed by atoms with E-state index in [1.54, 1.807) is 14.0 Å². The zero-order chi connectivity index (χ0) is 12.8. The Kier molecular flexibility index (Phi) is 5.29. The van der Waals surface area contributed by atoms with Crippen LogP contribution in [0.4, 0.5) is 0 Å². The second-order valence-electron chi connectivity index (χ2n) is 4.62. The molecule has 17 heavy (non-hydrogen) atoms. The van der Waals surface area contributed by atoms with Gasteiger partial charge in [0.05, 0.1) is 19.8 Å². The number of rotatable bonds is 6. The van der Waals surface area contributed by atoms with Crippen molar-refractivity contribution >= 4 is 0 Å². The van der Waals surface area contributed by atoms with E-state index in [0.29, 0.717) is 18.3 Å². The summed E-state index contributed by atoms with van der Waals surface area (Å²) in [5.41, 5.74) is 0.832. The lowest BCUT2D eigenvalue weighted by molar-refractivity contribution is 0.198. The maximum atomic E-state index is 9.49. The van der Waals surface area contributed by atoms with Gasteiger partial charge < -0.3 is 14.6 Å². The zero-order valence-electron chi connectivity index (χ0n) is 11.1. The van der Waals surface area contributed by atoms with Gasteiger partial charge in [0.2, 0.25) is 0 Å². The van der Waals surface area contributed by atoms with Crippen molar-refractivity contribution in [1.29, 1.82) is 0 Å². The molecule has 0 unspecified atom stereocenters. The summed E-state index contributed by atoms with van der Waals surface area (Å²) in [6, 6.07) is 5.52. The van der Waals surface area contributed by atoms with Crippen molar-refractivity contribution in [1.82, 2.24) is 0 Å². The van der Waals surface area contributed by atoms with Gasteiger partial charge in [-0.3, -0.25) is 0 Å². The van der Waals surface area contributed by atoms with Gasteiger partial charge in [0.1, 0.15) is 0 Å². The molecule has 1 rings (SSSR count). The molecule has 3 nitrogen and oxygen atoms in total. The van der Waals surface area contributed by atoms with Gasteiger partial charge in [0.15, 0.2) is 11.5 Å². The highest BCUT2D eigenvalue weighted by atomic mass is 16.5. The number of benzene rings is 1. The summed E-state index contributed by atoms with van der Waals surface area (Å²) in [7, 11) is 1.61. The minimum absolute atomic E-state index is 0.492. The maximum Gasteiger partial charge on any atom is 0.161 e. The largest absolute Gasteiger partial charge is 0.493 e. The molecule has 0 aliphatic heterocycles. The molecule has 0 saturated carbocycles. The normalized spacial score (nSPS) is 12.6. The summed E-state index contributed by atoms with van der Waals surface area (Å²) < 4.78 is 10.9. The molecule has 0 bridgehead atoms. The van der Waals surface area contributed by atoms with Crippen LogP contribution < -0.4 is 9.47 Å². The van der Waals surface area contributed by atoms with Crippen molar-refractivity contribution in [2.45, 2.75) is 33.3 Å². The predicted octanol–water partition coefficient (Wildman–Crippen LogP) is 3.17. The third-order valence-electron chi connectivity index (χ3n) is 2.62. The highest BCUT2D eigenvalue weighted by Crippen LogP contribution is 2.30. The van der Waals surface area contributed by atoms with Gasteiger partial charge in [-0.15, -0.1) is 0 Å². The van der Waals surface area contributed by atoms with Gasteiger partial charge in [0.25, 0.3) is 0 Å². The summed E-state index contributed by atoms with van der Waals surface area (Å²) in [4.78, 5) is 0. The zero-order valence-corrected chi connectivity index (χ0v) is 11.1. The smallest absolute Gasteiger partial charge is 0.161 e. The first-order valence-electron chi connectivity index (χ1n) is 6.03. The van der Waals surface area contributed by atoms with Crippen LogP contribution in [0.1, 0.15) is 38.9 Å². The predicted molar refractivity (Wildman–Crippen MR) is 68.6 cm³/mol. The van der Waals surface area contributed by atoms with Gasteiger partial charge >= 0.3 is 0 Å². The molecular formula is C14H22O3. The number of hydrogen-bond acceptors (Lipinski definition) is 3. The average Bonchev–Trinajstić information content (AvgIpc) is 2.28. The van der Waals surface area contributed by atoms with Crippen molar-refractivity contribution in [2.24, 2.45) is 5.92 Å². The Bertz CT molecular complexity index is 345. The molecule has 0 amide bonds. The van der Waals surface area contributed by atoms with E-state index in [1.807, 2.05) is 18.2 Å². The Morgan fingerprint density at radius 3 is 2.41 bits per heavy atom. The number of aliphatic hydroxyl groups excluding tert-OH is 1. The molecule has 1 aromatic rings. The van der Waals surface area contributed by atoms with Gasteiger partial charge in [-0.05, 0) is 37.0 Å². The van der Waals surface area contributed by atoms with Crippen LogP contribution in [0.15, 0.2) is 18.2 Å². The van der Waals surface area contributed by atoms with Crippen molar-refractivity contribution in [3.8, 4) is 11.5 Å². The third kappa shape index (κ3) is 4.27. The van der Waals surface area contributed by atoms with Crippen molar-refractivity contribution in [2.75, 3.05) is 13.7 Å².